The number of hydrogen-bond acceptors (Lipinski definition) is 5. The van der Waals surface area contributed by atoms with Crippen LogP contribution in [-0.2, 0) is 10.0 Å². The van der Waals surface area contributed by atoms with E-state index in [4.69, 9.17) is 4.74 Å². The van der Waals surface area contributed by atoms with Gasteiger partial charge in [-0.25, -0.2) is 13.1 Å². The van der Waals surface area contributed by atoms with Gasteiger partial charge in [-0.1, -0.05) is 26.7 Å². The lowest BCUT2D eigenvalue weighted by Gasteiger charge is -2.30. The highest BCUT2D eigenvalue weighted by atomic mass is 32.2. The summed E-state index contributed by atoms with van der Waals surface area (Å²) >= 11 is 1.66. The molecule has 1 saturated heterocycles. The van der Waals surface area contributed by atoms with Crippen LogP contribution >= 0.6 is 11.3 Å². The number of sulfonamides is 1. The minimum absolute atomic E-state index is 0.0720. The van der Waals surface area contributed by atoms with Gasteiger partial charge >= 0.3 is 0 Å². The Labute approximate surface area is 179 Å². The van der Waals surface area contributed by atoms with Crippen molar-refractivity contribution in [2.45, 2.75) is 50.5 Å². The smallest absolute Gasteiger partial charge is 0.240 e. The largest absolute Gasteiger partial charge is 0.493 e. The molecule has 5 nitrogen and oxygen atoms in total. The maximum atomic E-state index is 12.9. The van der Waals surface area contributed by atoms with Crippen molar-refractivity contribution in [3.63, 3.8) is 0 Å². The average molecular weight is 437 g/mol. The van der Waals surface area contributed by atoms with Crippen LogP contribution in [0.4, 0.5) is 0 Å². The van der Waals surface area contributed by atoms with E-state index in [2.05, 4.69) is 40.3 Å². The fraction of sp³-hybridized carbons (Fsp3) is 0.545. The van der Waals surface area contributed by atoms with Crippen LogP contribution in [0.3, 0.4) is 0 Å². The molecule has 3 rings (SSSR count). The van der Waals surface area contributed by atoms with Gasteiger partial charge in [0, 0.05) is 12.6 Å². The zero-order chi connectivity index (χ0) is 20.7. The SMILES string of the molecule is CC(C)COc1ccc(S(=O)(=O)NCC(c2ccsc2)N2CCCCCC2)cc1. The summed E-state index contributed by atoms with van der Waals surface area (Å²) in [5, 5.41) is 4.19. The second-order valence-electron chi connectivity index (χ2n) is 8.05. The molecule has 0 saturated carbocycles. The van der Waals surface area contributed by atoms with Crippen molar-refractivity contribution in [3.05, 3.63) is 46.7 Å². The quantitative estimate of drug-likeness (QED) is 0.620. The van der Waals surface area contributed by atoms with Crippen molar-refractivity contribution in [1.82, 2.24) is 9.62 Å². The first-order chi connectivity index (χ1) is 14.0. The highest BCUT2D eigenvalue weighted by molar-refractivity contribution is 7.89. The molecule has 1 aliphatic rings. The number of nitrogens with zero attached hydrogens (tertiary/aromatic N) is 1. The lowest BCUT2D eigenvalue weighted by molar-refractivity contribution is 0.206. The van der Waals surface area contributed by atoms with Crippen molar-refractivity contribution < 1.29 is 13.2 Å². The van der Waals surface area contributed by atoms with Crippen LogP contribution in [0.1, 0.15) is 51.1 Å². The number of benzene rings is 1. The minimum atomic E-state index is -3.57. The van der Waals surface area contributed by atoms with Gasteiger partial charge in [-0.15, -0.1) is 0 Å². The Morgan fingerprint density at radius 2 is 1.76 bits per heavy atom. The van der Waals surface area contributed by atoms with Crippen LogP contribution < -0.4 is 9.46 Å². The average Bonchev–Trinajstić information content (AvgIpc) is 3.09. The molecule has 1 N–H and O–H groups in total. The molecule has 0 amide bonds. The Bertz CT molecular complexity index is 825. The highest BCUT2D eigenvalue weighted by Crippen LogP contribution is 2.26. The van der Waals surface area contributed by atoms with E-state index in [-0.39, 0.29) is 10.9 Å². The first-order valence-corrected chi connectivity index (χ1v) is 12.9. The molecule has 7 heteroatoms. The molecule has 2 aromatic rings. The van der Waals surface area contributed by atoms with Crippen LogP contribution in [0.15, 0.2) is 46.0 Å². The van der Waals surface area contributed by atoms with Gasteiger partial charge in [-0.05, 0) is 78.5 Å². The first-order valence-electron chi connectivity index (χ1n) is 10.4. The fourth-order valence-electron chi connectivity index (χ4n) is 3.58. The van der Waals surface area contributed by atoms with Crippen molar-refractivity contribution in [2.75, 3.05) is 26.2 Å². The van der Waals surface area contributed by atoms with Crippen LogP contribution in [0.5, 0.6) is 5.75 Å². The molecule has 0 bridgehead atoms. The summed E-state index contributed by atoms with van der Waals surface area (Å²) in [7, 11) is -3.57. The Hall–Kier alpha value is -1.41. The van der Waals surface area contributed by atoms with Crippen LogP contribution in [-0.4, -0.2) is 39.6 Å². The fourth-order valence-corrected chi connectivity index (χ4v) is 5.32. The highest BCUT2D eigenvalue weighted by Gasteiger charge is 2.24. The Kier molecular flexibility index (Phi) is 8.12. The third-order valence-corrected chi connectivity index (χ3v) is 7.33. The van der Waals surface area contributed by atoms with E-state index in [1.165, 1.54) is 31.2 Å². The number of thiophene rings is 1. The molecule has 1 aliphatic heterocycles. The van der Waals surface area contributed by atoms with E-state index < -0.39 is 10.0 Å². The summed E-state index contributed by atoms with van der Waals surface area (Å²) < 4.78 is 34.2. The summed E-state index contributed by atoms with van der Waals surface area (Å²) in [4.78, 5) is 2.70. The maximum absolute atomic E-state index is 12.9. The number of hydrogen-bond donors (Lipinski definition) is 1. The summed E-state index contributed by atoms with van der Waals surface area (Å²) in [6.07, 6.45) is 4.85. The monoisotopic (exact) mass is 436 g/mol. The molecule has 0 radical (unpaired) electrons. The van der Waals surface area contributed by atoms with E-state index in [0.29, 0.717) is 24.8 Å². The Balaban J connectivity index is 1.67. The predicted octanol–water partition coefficient (Wildman–Crippen LogP) is 4.68. The van der Waals surface area contributed by atoms with E-state index in [1.54, 1.807) is 35.6 Å². The lowest BCUT2D eigenvalue weighted by Crippen LogP contribution is -2.38. The molecule has 160 valence electrons. The Morgan fingerprint density at radius 1 is 1.07 bits per heavy atom. The van der Waals surface area contributed by atoms with Gasteiger partial charge in [0.25, 0.3) is 0 Å². The molecule has 1 fully saturated rings. The third kappa shape index (κ3) is 6.54. The van der Waals surface area contributed by atoms with Crippen molar-refractivity contribution in [2.24, 2.45) is 5.92 Å². The zero-order valence-corrected chi connectivity index (χ0v) is 19.0. The van der Waals surface area contributed by atoms with Crippen molar-refractivity contribution >= 4 is 21.4 Å². The number of likely N-dealkylation sites (tertiary alicyclic amines) is 1. The van der Waals surface area contributed by atoms with Crippen LogP contribution in [0, 0.1) is 5.92 Å². The summed E-state index contributed by atoms with van der Waals surface area (Å²) in [5.41, 5.74) is 1.19. The van der Waals surface area contributed by atoms with E-state index in [0.717, 1.165) is 13.1 Å². The molecule has 29 heavy (non-hydrogen) atoms. The third-order valence-electron chi connectivity index (χ3n) is 5.19. The number of rotatable bonds is 9. The summed E-state index contributed by atoms with van der Waals surface area (Å²) in [5.74, 6) is 1.12. The molecular formula is C22H32N2O3S2. The molecule has 1 aromatic heterocycles. The minimum Gasteiger partial charge on any atom is -0.493 e. The van der Waals surface area contributed by atoms with E-state index in [9.17, 15) is 8.42 Å². The Morgan fingerprint density at radius 3 is 2.34 bits per heavy atom. The molecule has 1 aromatic carbocycles. The van der Waals surface area contributed by atoms with E-state index >= 15 is 0 Å². The second kappa shape index (κ2) is 10.6. The number of ether oxygens (including phenoxy) is 1. The van der Waals surface area contributed by atoms with Crippen LogP contribution in [0.25, 0.3) is 0 Å². The topological polar surface area (TPSA) is 58.6 Å². The molecule has 0 spiro atoms. The molecule has 1 atom stereocenters. The van der Waals surface area contributed by atoms with Gasteiger partial charge in [-0.2, -0.15) is 11.3 Å². The van der Waals surface area contributed by atoms with Gasteiger partial charge in [0.15, 0.2) is 0 Å². The normalized spacial score (nSPS) is 17.2. The first kappa shape index (κ1) is 22.3. The van der Waals surface area contributed by atoms with Gasteiger partial charge in [0.2, 0.25) is 10.0 Å². The molecule has 0 aliphatic carbocycles. The number of nitrogens with one attached hydrogen (secondary N) is 1. The standard InChI is InChI=1S/C22H32N2O3S2/c1-18(2)16-27-20-7-9-21(10-8-20)29(25,26)23-15-22(19-11-14-28-17-19)24-12-5-3-4-6-13-24/h7-11,14,17-18,22-23H,3-6,12-13,15-16H2,1-2H3. The van der Waals surface area contributed by atoms with Crippen molar-refractivity contribution in [1.29, 1.82) is 0 Å². The van der Waals surface area contributed by atoms with Gasteiger partial charge in [0.1, 0.15) is 5.75 Å². The van der Waals surface area contributed by atoms with E-state index in [1.807, 2.05) is 0 Å². The predicted molar refractivity (Wildman–Crippen MR) is 119 cm³/mol. The zero-order valence-electron chi connectivity index (χ0n) is 17.3. The van der Waals surface area contributed by atoms with Gasteiger partial charge < -0.3 is 4.74 Å². The second-order valence-corrected chi connectivity index (χ2v) is 10.6. The lowest BCUT2D eigenvalue weighted by atomic mass is 10.1. The maximum Gasteiger partial charge on any atom is 0.240 e. The summed E-state index contributed by atoms with van der Waals surface area (Å²) in [6, 6.07) is 8.86. The molecular weight excluding hydrogens is 404 g/mol. The molecule has 1 unspecified atom stereocenters. The summed E-state index contributed by atoms with van der Waals surface area (Å²) in [6.45, 7) is 7.19. The van der Waals surface area contributed by atoms with Crippen LogP contribution in [0.2, 0.25) is 0 Å². The van der Waals surface area contributed by atoms with Gasteiger partial charge in [0.05, 0.1) is 11.5 Å². The van der Waals surface area contributed by atoms with Crippen molar-refractivity contribution in [3.8, 4) is 5.75 Å². The molecule has 2 heterocycles. The van der Waals surface area contributed by atoms with Gasteiger partial charge in [-0.3, -0.25) is 4.90 Å².